The van der Waals surface area contributed by atoms with Gasteiger partial charge >= 0.3 is 5.97 Å². The number of carboxylic acid groups (broad SMARTS) is 1. The van der Waals surface area contributed by atoms with E-state index >= 15 is 0 Å². The summed E-state index contributed by atoms with van der Waals surface area (Å²) >= 11 is 3.35. The zero-order valence-corrected chi connectivity index (χ0v) is 12.5. The summed E-state index contributed by atoms with van der Waals surface area (Å²) in [6, 6.07) is 4.75. The molecule has 0 aliphatic heterocycles. The smallest absolute Gasteiger partial charge is 0.326 e. The number of benzene rings is 1. The lowest BCUT2D eigenvalue weighted by Gasteiger charge is -2.27. The van der Waals surface area contributed by atoms with Crippen LogP contribution in [0.5, 0.6) is 0 Å². The third-order valence-corrected chi connectivity index (χ3v) is 3.87. The Morgan fingerprint density at radius 1 is 1.42 bits per heavy atom. The molecule has 1 N–H and O–H groups in total. The highest BCUT2D eigenvalue weighted by molar-refractivity contribution is 9.10. The van der Waals surface area contributed by atoms with Gasteiger partial charge in [0.2, 0.25) is 0 Å². The highest BCUT2D eigenvalue weighted by Gasteiger charge is 2.39. The fourth-order valence-electron chi connectivity index (χ4n) is 2.09. The fraction of sp³-hybridized carbons (Fsp3) is 0.429. The van der Waals surface area contributed by atoms with Crippen molar-refractivity contribution in [3.05, 3.63) is 33.8 Å². The summed E-state index contributed by atoms with van der Waals surface area (Å²) in [5.41, 5.74) is 1.42. The molecule has 0 aromatic heterocycles. The summed E-state index contributed by atoms with van der Waals surface area (Å²) in [6.07, 6.45) is 1.77. The molecule has 0 heterocycles. The van der Waals surface area contributed by atoms with E-state index in [-0.39, 0.29) is 11.9 Å². The molecule has 19 heavy (non-hydrogen) atoms. The van der Waals surface area contributed by atoms with Crippen LogP contribution in [0.1, 0.15) is 35.7 Å². The summed E-state index contributed by atoms with van der Waals surface area (Å²) in [7, 11) is 0. The van der Waals surface area contributed by atoms with E-state index in [1.807, 2.05) is 19.1 Å². The Bertz CT molecular complexity index is 525. The molecule has 1 amide bonds. The topological polar surface area (TPSA) is 57.6 Å². The van der Waals surface area contributed by atoms with Crippen LogP contribution in [0.4, 0.5) is 0 Å². The van der Waals surface area contributed by atoms with E-state index in [0.717, 1.165) is 22.9 Å². The van der Waals surface area contributed by atoms with Gasteiger partial charge in [-0.3, -0.25) is 4.79 Å². The van der Waals surface area contributed by atoms with Gasteiger partial charge in [-0.05, 0) is 44.4 Å². The molecule has 1 aromatic rings. The molecular formula is C14H16BrNO3. The Morgan fingerprint density at radius 2 is 2.05 bits per heavy atom. The van der Waals surface area contributed by atoms with Gasteiger partial charge in [0.1, 0.15) is 6.04 Å². The van der Waals surface area contributed by atoms with Gasteiger partial charge in [-0.1, -0.05) is 22.0 Å². The first-order chi connectivity index (χ1) is 8.91. The number of hydrogen-bond donors (Lipinski definition) is 1. The van der Waals surface area contributed by atoms with Gasteiger partial charge in [0.25, 0.3) is 5.91 Å². The van der Waals surface area contributed by atoms with Crippen molar-refractivity contribution in [3.8, 4) is 0 Å². The normalized spacial score (nSPS) is 15.9. The van der Waals surface area contributed by atoms with Gasteiger partial charge in [0.15, 0.2) is 0 Å². The molecule has 102 valence electrons. The van der Waals surface area contributed by atoms with Crippen molar-refractivity contribution in [3.63, 3.8) is 0 Å². The van der Waals surface area contributed by atoms with Crippen LogP contribution in [0.15, 0.2) is 22.7 Å². The number of carbonyl (C=O) groups is 2. The molecule has 0 radical (unpaired) electrons. The van der Waals surface area contributed by atoms with Gasteiger partial charge in [0.05, 0.1) is 0 Å². The van der Waals surface area contributed by atoms with Crippen molar-refractivity contribution >= 4 is 27.8 Å². The van der Waals surface area contributed by atoms with E-state index in [4.69, 9.17) is 5.11 Å². The minimum absolute atomic E-state index is 0.0666. The highest BCUT2D eigenvalue weighted by atomic mass is 79.9. The molecule has 1 saturated carbocycles. The van der Waals surface area contributed by atoms with Crippen LogP contribution in [-0.2, 0) is 4.79 Å². The predicted octanol–water partition coefficient (Wildman–Crippen LogP) is 2.84. The predicted molar refractivity (Wildman–Crippen MR) is 75.2 cm³/mol. The molecule has 4 nitrogen and oxygen atoms in total. The summed E-state index contributed by atoms with van der Waals surface area (Å²) in [5, 5.41) is 9.15. The Hall–Kier alpha value is -1.36. The lowest BCUT2D eigenvalue weighted by atomic mass is 10.1. The van der Waals surface area contributed by atoms with Crippen LogP contribution in [0.25, 0.3) is 0 Å². The maximum absolute atomic E-state index is 12.6. The van der Waals surface area contributed by atoms with Crippen molar-refractivity contribution in [2.45, 2.75) is 38.8 Å². The minimum atomic E-state index is -0.965. The molecule has 1 aliphatic rings. The number of amides is 1. The van der Waals surface area contributed by atoms with E-state index in [1.54, 1.807) is 13.0 Å². The standard InChI is InChI=1S/C14H16BrNO3/c1-8-3-4-10(15)7-12(8)13(17)16(11-5-6-11)9(2)14(18)19/h3-4,7,9,11H,5-6H2,1-2H3,(H,18,19). The van der Waals surface area contributed by atoms with E-state index in [2.05, 4.69) is 15.9 Å². The molecular weight excluding hydrogens is 310 g/mol. The van der Waals surface area contributed by atoms with Crippen molar-refractivity contribution in [1.29, 1.82) is 0 Å². The van der Waals surface area contributed by atoms with Crippen molar-refractivity contribution in [1.82, 2.24) is 4.90 Å². The van der Waals surface area contributed by atoms with Crippen LogP contribution < -0.4 is 0 Å². The van der Waals surface area contributed by atoms with E-state index < -0.39 is 12.0 Å². The number of carbonyl (C=O) groups excluding carboxylic acids is 1. The summed E-state index contributed by atoms with van der Waals surface area (Å²) < 4.78 is 0.820. The van der Waals surface area contributed by atoms with Crippen LogP contribution in [0.2, 0.25) is 0 Å². The fourth-order valence-corrected chi connectivity index (χ4v) is 2.45. The summed E-state index contributed by atoms with van der Waals surface area (Å²) in [6.45, 7) is 3.42. The van der Waals surface area contributed by atoms with Crippen LogP contribution >= 0.6 is 15.9 Å². The number of aliphatic carboxylic acids is 1. The molecule has 5 heteroatoms. The Morgan fingerprint density at radius 3 is 2.58 bits per heavy atom. The number of halogens is 1. The molecule has 1 atom stereocenters. The molecule has 0 bridgehead atoms. The van der Waals surface area contributed by atoms with Gasteiger partial charge < -0.3 is 10.0 Å². The number of hydrogen-bond acceptors (Lipinski definition) is 2. The lowest BCUT2D eigenvalue weighted by molar-refractivity contribution is -0.141. The Kier molecular flexibility index (Phi) is 3.94. The lowest BCUT2D eigenvalue weighted by Crippen LogP contribution is -2.44. The van der Waals surface area contributed by atoms with Crippen LogP contribution in [0.3, 0.4) is 0 Å². The molecule has 0 saturated heterocycles. The second kappa shape index (κ2) is 5.33. The number of carboxylic acids is 1. The second-order valence-electron chi connectivity index (χ2n) is 4.92. The molecule has 0 spiro atoms. The molecule has 1 fully saturated rings. The van der Waals surface area contributed by atoms with Crippen LogP contribution in [-0.4, -0.2) is 34.0 Å². The quantitative estimate of drug-likeness (QED) is 0.926. The Balaban J connectivity index is 2.34. The summed E-state index contributed by atoms with van der Waals surface area (Å²) in [5.74, 6) is -1.16. The molecule has 1 aliphatic carbocycles. The molecule has 1 unspecified atom stereocenters. The number of rotatable bonds is 4. The first-order valence-electron chi connectivity index (χ1n) is 6.23. The maximum atomic E-state index is 12.6. The highest BCUT2D eigenvalue weighted by Crippen LogP contribution is 2.31. The van der Waals surface area contributed by atoms with Crippen molar-refractivity contribution in [2.24, 2.45) is 0 Å². The summed E-state index contributed by atoms with van der Waals surface area (Å²) in [4.78, 5) is 25.2. The van der Waals surface area contributed by atoms with E-state index in [1.165, 1.54) is 4.90 Å². The van der Waals surface area contributed by atoms with E-state index in [0.29, 0.717) is 5.56 Å². The zero-order chi connectivity index (χ0) is 14.2. The largest absolute Gasteiger partial charge is 0.480 e. The first-order valence-corrected chi connectivity index (χ1v) is 7.02. The molecule has 2 rings (SSSR count). The van der Waals surface area contributed by atoms with Gasteiger partial charge in [-0.25, -0.2) is 4.79 Å². The maximum Gasteiger partial charge on any atom is 0.326 e. The number of aryl methyl sites for hydroxylation is 1. The molecule has 1 aromatic carbocycles. The third kappa shape index (κ3) is 2.97. The minimum Gasteiger partial charge on any atom is -0.480 e. The van der Waals surface area contributed by atoms with Crippen molar-refractivity contribution in [2.75, 3.05) is 0 Å². The van der Waals surface area contributed by atoms with Gasteiger partial charge in [-0.15, -0.1) is 0 Å². The first kappa shape index (κ1) is 14.1. The van der Waals surface area contributed by atoms with E-state index in [9.17, 15) is 9.59 Å². The van der Waals surface area contributed by atoms with Gasteiger partial charge in [-0.2, -0.15) is 0 Å². The number of nitrogens with zero attached hydrogens (tertiary/aromatic N) is 1. The van der Waals surface area contributed by atoms with Crippen LogP contribution in [0, 0.1) is 6.92 Å². The van der Waals surface area contributed by atoms with Crippen molar-refractivity contribution < 1.29 is 14.7 Å². The average molecular weight is 326 g/mol. The Labute approximate surface area is 120 Å². The third-order valence-electron chi connectivity index (χ3n) is 3.38. The SMILES string of the molecule is Cc1ccc(Br)cc1C(=O)N(C1CC1)C(C)C(=O)O. The van der Waals surface area contributed by atoms with Gasteiger partial charge in [0, 0.05) is 16.1 Å². The average Bonchev–Trinajstić information content (AvgIpc) is 3.16. The monoisotopic (exact) mass is 325 g/mol. The second-order valence-corrected chi connectivity index (χ2v) is 5.83. The zero-order valence-electron chi connectivity index (χ0n) is 10.9.